The molecule has 1 unspecified atom stereocenters. The average Bonchev–Trinajstić information content (AvgIpc) is 3.33. The Hall–Kier alpha value is -2.63. The number of hydrogen-bond acceptors (Lipinski definition) is 4. The molecule has 1 aromatic heterocycles. The normalized spacial score (nSPS) is 18.5. The molecule has 33 heavy (non-hydrogen) atoms. The number of nitrogens with one attached hydrogen (secondary N) is 1. The van der Waals surface area contributed by atoms with Crippen LogP contribution in [-0.2, 0) is 11.2 Å². The second kappa shape index (κ2) is 11.5. The van der Waals surface area contributed by atoms with Crippen LogP contribution in [0.1, 0.15) is 56.2 Å². The van der Waals surface area contributed by atoms with E-state index in [2.05, 4.69) is 78.3 Å². The summed E-state index contributed by atoms with van der Waals surface area (Å²) in [4.78, 5) is 12.3. The molecule has 3 aromatic rings. The molecule has 1 atom stereocenters. The van der Waals surface area contributed by atoms with Gasteiger partial charge in [-0.2, -0.15) is 0 Å². The second-order valence-electron chi connectivity index (χ2n) is 8.97. The number of unbranched alkanes of at least 4 members (excludes halogenated alkanes) is 2. The second-order valence-corrected chi connectivity index (χ2v) is 9.92. The number of thiophene rings is 1. The molecule has 4 rings (SSSR count). The van der Waals surface area contributed by atoms with Crippen molar-refractivity contribution in [2.24, 2.45) is 5.92 Å². The lowest BCUT2D eigenvalue weighted by Crippen LogP contribution is -2.45. The van der Waals surface area contributed by atoms with Gasteiger partial charge in [-0.1, -0.05) is 42.5 Å². The van der Waals surface area contributed by atoms with Crippen molar-refractivity contribution in [3.8, 4) is 16.2 Å². The fourth-order valence-corrected chi connectivity index (χ4v) is 5.15. The molecule has 1 heterocycles. The van der Waals surface area contributed by atoms with Crippen molar-refractivity contribution in [3.05, 3.63) is 77.2 Å². The van der Waals surface area contributed by atoms with Gasteiger partial charge in [0.1, 0.15) is 5.75 Å². The average molecular weight is 464 g/mol. The first-order valence-corrected chi connectivity index (χ1v) is 12.8. The minimum atomic E-state index is -0.678. The number of carboxylic acids is 1. The van der Waals surface area contributed by atoms with Crippen LogP contribution in [0.15, 0.2) is 66.0 Å². The Labute approximate surface area is 200 Å². The molecule has 1 aliphatic carbocycles. The highest BCUT2D eigenvalue weighted by Gasteiger charge is 2.35. The molecule has 2 N–H and O–H groups in total. The van der Waals surface area contributed by atoms with E-state index >= 15 is 0 Å². The summed E-state index contributed by atoms with van der Waals surface area (Å²) in [7, 11) is 0. The van der Waals surface area contributed by atoms with Crippen LogP contribution >= 0.6 is 11.3 Å². The number of aryl methyl sites for hydroxylation is 1. The zero-order chi connectivity index (χ0) is 23.0. The molecule has 0 saturated heterocycles. The van der Waals surface area contributed by atoms with E-state index in [9.17, 15) is 4.79 Å². The van der Waals surface area contributed by atoms with Gasteiger partial charge in [-0.05, 0) is 80.2 Å². The van der Waals surface area contributed by atoms with Crippen molar-refractivity contribution in [2.75, 3.05) is 6.61 Å². The first-order chi connectivity index (χ1) is 16.1. The third kappa shape index (κ3) is 6.46. The van der Waals surface area contributed by atoms with Crippen LogP contribution in [0.2, 0.25) is 0 Å². The minimum Gasteiger partial charge on any atom is -0.493 e. The molecular weight excluding hydrogens is 430 g/mol. The van der Waals surface area contributed by atoms with Crippen LogP contribution in [0.4, 0.5) is 0 Å². The van der Waals surface area contributed by atoms with Gasteiger partial charge in [0.2, 0.25) is 0 Å². The summed E-state index contributed by atoms with van der Waals surface area (Å²) >= 11 is 1.72. The molecule has 0 radical (unpaired) electrons. The number of ether oxygens (including phenoxy) is 1. The predicted octanol–water partition coefficient (Wildman–Crippen LogP) is 6.72. The lowest BCUT2D eigenvalue weighted by atomic mass is 9.80. The number of hydrogen-bond donors (Lipinski definition) is 2. The zero-order valence-corrected chi connectivity index (χ0v) is 20.0. The van der Waals surface area contributed by atoms with Gasteiger partial charge in [-0.3, -0.25) is 4.79 Å². The van der Waals surface area contributed by atoms with E-state index in [0.29, 0.717) is 12.8 Å². The lowest BCUT2D eigenvalue weighted by molar-refractivity contribution is -0.145. The maximum atomic E-state index is 11.1. The van der Waals surface area contributed by atoms with E-state index in [-0.39, 0.29) is 18.0 Å². The molecule has 0 bridgehead atoms. The summed E-state index contributed by atoms with van der Waals surface area (Å²) in [5, 5.41) is 14.8. The van der Waals surface area contributed by atoms with Crippen LogP contribution in [0.5, 0.6) is 5.75 Å². The van der Waals surface area contributed by atoms with Crippen molar-refractivity contribution < 1.29 is 14.6 Å². The third-order valence-electron chi connectivity index (χ3n) is 6.47. The number of aliphatic carboxylic acids is 1. The molecule has 174 valence electrons. The van der Waals surface area contributed by atoms with Gasteiger partial charge in [0, 0.05) is 22.5 Å². The molecule has 0 spiro atoms. The van der Waals surface area contributed by atoms with Gasteiger partial charge in [-0.25, -0.2) is 0 Å². The quantitative estimate of drug-likeness (QED) is 0.293. The van der Waals surface area contributed by atoms with Gasteiger partial charge >= 0.3 is 5.97 Å². The van der Waals surface area contributed by atoms with E-state index in [0.717, 1.165) is 37.2 Å². The van der Waals surface area contributed by atoms with E-state index in [1.54, 1.807) is 11.3 Å². The summed E-state index contributed by atoms with van der Waals surface area (Å²) in [5.74, 6) is 0.0631. The van der Waals surface area contributed by atoms with Crippen molar-refractivity contribution in [2.45, 2.75) is 57.5 Å². The Kier molecular flexibility index (Phi) is 8.19. The molecule has 5 heteroatoms. The summed E-state index contributed by atoms with van der Waals surface area (Å²) in [6.07, 6.45) is 5.92. The molecule has 1 aliphatic rings. The monoisotopic (exact) mass is 463 g/mol. The van der Waals surface area contributed by atoms with Crippen molar-refractivity contribution in [3.63, 3.8) is 0 Å². The number of carboxylic acid groups (broad SMARTS) is 1. The number of benzene rings is 2. The number of rotatable bonds is 12. The molecule has 0 aliphatic heterocycles. The fraction of sp³-hybridized carbons (Fsp3) is 0.393. The van der Waals surface area contributed by atoms with Gasteiger partial charge < -0.3 is 15.2 Å². The Morgan fingerprint density at radius 2 is 1.91 bits per heavy atom. The maximum absolute atomic E-state index is 11.1. The fourth-order valence-electron chi connectivity index (χ4n) is 4.41. The van der Waals surface area contributed by atoms with Crippen LogP contribution in [0.3, 0.4) is 0 Å². The largest absolute Gasteiger partial charge is 0.493 e. The SMILES string of the molecule is CC(NC1CC(C(=O)O)C1)c1ccc(OCCCCCc2ccccc2)c(-c2cccs2)c1. The van der Waals surface area contributed by atoms with Crippen LogP contribution < -0.4 is 10.1 Å². The Bertz CT molecular complexity index is 1010. The summed E-state index contributed by atoms with van der Waals surface area (Å²) < 4.78 is 6.22. The van der Waals surface area contributed by atoms with Crippen LogP contribution in [0.25, 0.3) is 10.4 Å². The Morgan fingerprint density at radius 1 is 1.09 bits per heavy atom. The standard InChI is InChI=1S/C28H33NO3S/c1-20(29-24-17-23(18-24)28(30)31)22-13-14-26(25(19-22)27-12-8-16-33-27)32-15-7-3-6-11-21-9-4-2-5-10-21/h2,4-5,8-10,12-14,16,19-20,23-24,29H,3,6-7,11,15,17-18H2,1H3,(H,30,31). The van der Waals surface area contributed by atoms with E-state index in [4.69, 9.17) is 9.84 Å². The van der Waals surface area contributed by atoms with Gasteiger partial charge in [0.15, 0.2) is 0 Å². The summed E-state index contributed by atoms with van der Waals surface area (Å²) in [6.45, 7) is 2.87. The third-order valence-corrected chi connectivity index (χ3v) is 7.38. The van der Waals surface area contributed by atoms with E-state index in [1.165, 1.54) is 22.4 Å². The molecule has 2 aromatic carbocycles. The van der Waals surface area contributed by atoms with Crippen molar-refractivity contribution in [1.82, 2.24) is 5.32 Å². The highest BCUT2D eigenvalue weighted by molar-refractivity contribution is 7.13. The molecule has 0 amide bonds. The van der Waals surface area contributed by atoms with Gasteiger partial charge in [0.05, 0.1) is 12.5 Å². The highest BCUT2D eigenvalue weighted by Crippen LogP contribution is 2.36. The summed E-state index contributed by atoms with van der Waals surface area (Å²) in [5.41, 5.74) is 3.74. The van der Waals surface area contributed by atoms with Crippen molar-refractivity contribution >= 4 is 17.3 Å². The topological polar surface area (TPSA) is 58.6 Å². The number of carbonyl (C=O) groups is 1. The predicted molar refractivity (Wildman–Crippen MR) is 135 cm³/mol. The Morgan fingerprint density at radius 3 is 2.64 bits per heavy atom. The van der Waals surface area contributed by atoms with Gasteiger partial charge in [0.25, 0.3) is 0 Å². The zero-order valence-electron chi connectivity index (χ0n) is 19.2. The molecule has 1 fully saturated rings. The van der Waals surface area contributed by atoms with Crippen LogP contribution in [-0.4, -0.2) is 23.7 Å². The summed E-state index contributed by atoms with van der Waals surface area (Å²) in [6, 6.07) is 21.7. The first kappa shape index (κ1) is 23.5. The Balaban J connectivity index is 1.31. The van der Waals surface area contributed by atoms with E-state index in [1.807, 2.05) is 0 Å². The molecule has 1 saturated carbocycles. The minimum absolute atomic E-state index is 0.162. The smallest absolute Gasteiger partial charge is 0.306 e. The molecular formula is C28H33NO3S. The lowest BCUT2D eigenvalue weighted by Gasteiger charge is -2.35. The van der Waals surface area contributed by atoms with Crippen LogP contribution in [0, 0.1) is 5.92 Å². The van der Waals surface area contributed by atoms with E-state index < -0.39 is 5.97 Å². The highest BCUT2D eigenvalue weighted by atomic mass is 32.1. The molecule has 4 nitrogen and oxygen atoms in total. The first-order valence-electron chi connectivity index (χ1n) is 11.9. The maximum Gasteiger partial charge on any atom is 0.306 e. The van der Waals surface area contributed by atoms with Gasteiger partial charge in [-0.15, -0.1) is 11.3 Å². The van der Waals surface area contributed by atoms with Crippen molar-refractivity contribution in [1.29, 1.82) is 0 Å².